The highest BCUT2D eigenvalue weighted by Crippen LogP contribution is 2.27. The van der Waals surface area contributed by atoms with Crippen molar-refractivity contribution in [3.63, 3.8) is 0 Å². The van der Waals surface area contributed by atoms with Gasteiger partial charge in [0, 0.05) is 32.6 Å². The first-order valence-electron chi connectivity index (χ1n) is 5.88. The third kappa shape index (κ3) is 4.01. The number of hydrogen-bond donors (Lipinski definition) is 0. The van der Waals surface area contributed by atoms with Crippen LogP contribution < -0.4 is 0 Å². The molecule has 102 valence electrons. The molecule has 0 radical (unpaired) electrons. The van der Waals surface area contributed by atoms with Crippen molar-refractivity contribution in [2.24, 2.45) is 11.1 Å². The van der Waals surface area contributed by atoms with Crippen LogP contribution in [0.25, 0.3) is 0 Å². The minimum absolute atomic E-state index is 0.0411. The summed E-state index contributed by atoms with van der Waals surface area (Å²) in [6.07, 6.45) is 0.335. The van der Waals surface area contributed by atoms with Crippen LogP contribution in [0.4, 0.5) is 0 Å². The second-order valence-electron chi connectivity index (χ2n) is 4.37. The summed E-state index contributed by atoms with van der Waals surface area (Å²) in [5, 5.41) is 3.91. The monoisotopic (exact) mass is 257 g/mol. The fourth-order valence-corrected chi connectivity index (χ4v) is 2.11. The largest absolute Gasteiger partial charge is 0.462 e. The van der Waals surface area contributed by atoms with Crippen molar-refractivity contribution in [3.8, 4) is 0 Å². The summed E-state index contributed by atoms with van der Waals surface area (Å²) in [5.74, 6) is -0.749. The zero-order valence-electron chi connectivity index (χ0n) is 11.1. The Bertz CT molecular complexity index is 352. The zero-order chi connectivity index (χ0) is 13.7. The number of oxime groups is 1. The molecule has 0 N–H and O–H groups in total. The summed E-state index contributed by atoms with van der Waals surface area (Å²) < 4.78 is 10.4. The van der Waals surface area contributed by atoms with Crippen LogP contribution in [0.2, 0.25) is 0 Å². The number of rotatable bonds is 3. The summed E-state index contributed by atoms with van der Waals surface area (Å²) in [5.41, 5.74) is 0.737. The fraction of sp³-hybridized carbons (Fsp3) is 0.750. The van der Waals surface area contributed by atoms with E-state index in [0.717, 1.165) is 5.71 Å². The molecule has 0 saturated heterocycles. The molecule has 0 aromatic heterocycles. The van der Waals surface area contributed by atoms with Crippen LogP contribution in [0.1, 0.15) is 33.6 Å². The minimum Gasteiger partial charge on any atom is -0.462 e. The molecule has 3 atom stereocenters. The normalized spacial score (nSPS) is 29.8. The van der Waals surface area contributed by atoms with E-state index in [9.17, 15) is 9.59 Å². The summed E-state index contributed by atoms with van der Waals surface area (Å²) in [6, 6.07) is 0. The second kappa shape index (κ2) is 6.37. The number of ether oxygens (including phenoxy) is 2. The van der Waals surface area contributed by atoms with Crippen molar-refractivity contribution in [3.05, 3.63) is 0 Å². The van der Waals surface area contributed by atoms with E-state index in [0.29, 0.717) is 12.8 Å². The van der Waals surface area contributed by atoms with E-state index in [4.69, 9.17) is 14.3 Å². The van der Waals surface area contributed by atoms with Crippen LogP contribution in [0.15, 0.2) is 5.16 Å². The molecule has 1 saturated carbocycles. The predicted octanol–water partition coefficient (Wildman–Crippen LogP) is 1.28. The highest BCUT2D eigenvalue weighted by molar-refractivity contribution is 5.88. The molecule has 0 heterocycles. The molecular formula is C12H19NO5. The quantitative estimate of drug-likeness (QED) is 0.562. The van der Waals surface area contributed by atoms with E-state index in [-0.39, 0.29) is 30.1 Å². The Kier molecular flexibility index (Phi) is 5.12. The second-order valence-corrected chi connectivity index (χ2v) is 4.37. The van der Waals surface area contributed by atoms with Gasteiger partial charge in [-0.1, -0.05) is 12.1 Å². The lowest BCUT2D eigenvalue weighted by Crippen LogP contribution is -2.41. The highest BCUT2D eigenvalue weighted by atomic mass is 16.6. The van der Waals surface area contributed by atoms with E-state index in [1.807, 2.05) is 6.92 Å². The molecule has 18 heavy (non-hydrogen) atoms. The van der Waals surface area contributed by atoms with Gasteiger partial charge in [-0.15, -0.1) is 0 Å². The van der Waals surface area contributed by atoms with Crippen LogP contribution in [0.5, 0.6) is 0 Å². The minimum atomic E-state index is -0.355. The molecule has 1 unspecified atom stereocenters. The first-order valence-corrected chi connectivity index (χ1v) is 5.88. The van der Waals surface area contributed by atoms with Gasteiger partial charge in [0.2, 0.25) is 0 Å². The highest BCUT2D eigenvalue weighted by Gasteiger charge is 2.36. The van der Waals surface area contributed by atoms with E-state index >= 15 is 0 Å². The summed E-state index contributed by atoms with van der Waals surface area (Å²) in [7, 11) is 1.45. The molecule has 0 bridgehead atoms. The van der Waals surface area contributed by atoms with Crippen LogP contribution in [0.3, 0.4) is 0 Å². The van der Waals surface area contributed by atoms with Gasteiger partial charge in [-0.25, -0.2) is 0 Å². The van der Waals surface area contributed by atoms with Crippen molar-refractivity contribution in [1.82, 2.24) is 0 Å². The van der Waals surface area contributed by atoms with Gasteiger partial charge >= 0.3 is 11.9 Å². The van der Waals surface area contributed by atoms with Crippen molar-refractivity contribution >= 4 is 17.7 Å². The average molecular weight is 257 g/mol. The van der Waals surface area contributed by atoms with Crippen LogP contribution in [-0.4, -0.2) is 37.0 Å². The van der Waals surface area contributed by atoms with Gasteiger partial charge in [0.15, 0.2) is 0 Å². The third-order valence-electron chi connectivity index (χ3n) is 2.87. The number of carbonyl (C=O) groups excluding carboxylic acids is 2. The summed E-state index contributed by atoms with van der Waals surface area (Å²) in [6.45, 7) is 4.62. The Labute approximate surface area is 106 Å². The van der Waals surface area contributed by atoms with Gasteiger partial charge in [0.05, 0.1) is 5.71 Å². The summed E-state index contributed by atoms with van der Waals surface area (Å²) in [4.78, 5) is 26.8. The van der Waals surface area contributed by atoms with Crippen molar-refractivity contribution in [2.45, 2.75) is 45.8 Å². The molecule has 6 nitrogen and oxygen atoms in total. The maximum Gasteiger partial charge on any atom is 0.302 e. The van der Waals surface area contributed by atoms with Crippen molar-refractivity contribution in [2.75, 3.05) is 7.11 Å². The van der Waals surface area contributed by atoms with Crippen LogP contribution in [0, 0.1) is 5.92 Å². The maximum atomic E-state index is 11.0. The Hall–Kier alpha value is -1.59. The third-order valence-corrected chi connectivity index (χ3v) is 2.87. The van der Waals surface area contributed by atoms with Crippen molar-refractivity contribution < 1.29 is 23.9 Å². The van der Waals surface area contributed by atoms with E-state index in [2.05, 4.69) is 5.16 Å². The first kappa shape index (κ1) is 14.5. The van der Waals surface area contributed by atoms with Gasteiger partial charge in [-0.3, -0.25) is 9.59 Å². The van der Waals surface area contributed by atoms with Crippen molar-refractivity contribution in [1.29, 1.82) is 0 Å². The standard InChI is InChI=1S/C12H19NO5/c1-7-11(13-16-4)5-10(17-8(2)14)6-12(7)18-9(3)15/h7,10,12H,5-6H2,1-4H3/b13-11+/t7?,10-,12-/m0/s1. The van der Waals surface area contributed by atoms with E-state index in [1.54, 1.807) is 0 Å². The Morgan fingerprint density at radius 2 is 1.83 bits per heavy atom. The van der Waals surface area contributed by atoms with Gasteiger partial charge in [-0.05, 0) is 0 Å². The Balaban J connectivity index is 2.80. The molecule has 1 rings (SSSR count). The zero-order valence-corrected chi connectivity index (χ0v) is 11.1. The molecule has 1 aliphatic carbocycles. The number of esters is 2. The fourth-order valence-electron chi connectivity index (χ4n) is 2.11. The molecular weight excluding hydrogens is 238 g/mol. The molecule has 0 amide bonds. The van der Waals surface area contributed by atoms with Gasteiger partial charge in [-0.2, -0.15) is 0 Å². The molecule has 0 aromatic rings. The molecule has 6 heteroatoms. The smallest absolute Gasteiger partial charge is 0.302 e. The topological polar surface area (TPSA) is 74.2 Å². The van der Waals surface area contributed by atoms with E-state index in [1.165, 1.54) is 21.0 Å². The Morgan fingerprint density at radius 3 is 2.33 bits per heavy atom. The Morgan fingerprint density at radius 1 is 1.22 bits per heavy atom. The lowest BCUT2D eigenvalue weighted by atomic mass is 9.84. The maximum absolute atomic E-state index is 11.0. The average Bonchev–Trinajstić information content (AvgIpc) is 2.23. The lowest BCUT2D eigenvalue weighted by Gasteiger charge is -2.33. The number of carbonyl (C=O) groups is 2. The van der Waals surface area contributed by atoms with Gasteiger partial charge in [0.25, 0.3) is 0 Å². The van der Waals surface area contributed by atoms with Crippen LogP contribution >= 0.6 is 0 Å². The molecule has 0 aromatic carbocycles. The number of hydrogen-bond acceptors (Lipinski definition) is 6. The van der Waals surface area contributed by atoms with E-state index < -0.39 is 0 Å². The van der Waals surface area contributed by atoms with Gasteiger partial charge < -0.3 is 14.3 Å². The molecule has 0 spiro atoms. The summed E-state index contributed by atoms with van der Waals surface area (Å²) >= 11 is 0. The molecule has 1 fully saturated rings. The van der Waals surface area contributed by atoms with Crippen LogP contribution in [-0.2, 0) is 23.9 Å². The van der Waals surface area contributed by atoms with Gasteiger partial charge in [0.1, 0.15) is 19.3 Å². The predicted molar refractivity (Wildman–Crippen MR) is 64.0 cm³/mol. The molecule has 0 aliphatic heterocycles. The SMILES string of the molecule is CO/N=C1\C[C@H](OC(C)=O)C[C@H](OC(C)=O)C1C. The first-order chi connectivity index (χ1) is 8.43. The lowest BCUT2D eigenvalue weighted by molar-refractivity contribution is -0.155. The number of nitrogens with zero attached hydrogens (tertiary/aromatic N) is 1. The molecule has 1 aliphatic rings.